The van der Waals surface area contributed by atoms with Crippen LogP contribution in [0.4, 0.5) is 28.8 Å². The molecule has 2 saturated carbocycles. The number of carbonyl (C=O) groups excluding carboxylic acids is 2. The van der Waals surface area contributed by atoms with Gasteiger partial charge in [0.1, 0.15) is 5.02 Å². The van der Waals surface area contributed by atoms with Crippen LogP contribution in [0.3, 0.4) is 0 Å². The van der Waals surface area contributed by atoms with Crippen LogP contribution in [0.1, 0.15) is 57.9 Å². The first-order valence-electron chi connectivity index (χ1n) is 18.6. The highest BCUT2D eigenvalue weighted by atomic mass is 35.5. The van der Waals surface area contributed by atoms with Gasteiger partial charge >= 0.3 is 0 Å². The summed E-state index contributed by atoms with van der Waals surface area (Å²) in [6.07, 6.45) is 9.86. The fourth-order valence-corrected chi connectivity index (χ4v) is 8.66. The summed E-state index contributed by atoms with van der Waals surface area (Å²) in [5.74, 6) is 4.63. The molecule has 0 spiro atoms. The Labute approximate surface area is 307 Å². The van der Waals surface area contributed by atoms with Crippen molar-refractivity contribution in [1.82, 2.24) is 20.2 Å². The predicted molar refractivity (Wildman–Crippen MR) is 208 cm³/mol. The number of halogens is 1. The Morgan fingerprint density at radius 3 is 2.59 bits per heavy atom. The van der Waals surface area contributed by atoms with Gasteiger partial charge in [-0.15, -0.1) is 0 Å². The van der Waals surface area contributed by atoms with Crippen LogP contribution in [0.15, 0.2) is 67.4 Å². The largest absolute Gasteiger partial charge is 0.369 e. The Bertz CT molecular complexity index is 1640. The van der Waals surface area contributed by atoms with Crippen molar-refractivity contribution in [3.05, 3.63) is 78.0 Å². The third kappa shape index (κ3) is 10.2. The number of fused-ring (bicyclic) bond motifs is 2. The molecule has 10 nitrogen and oxygen atoms in total. The number of carbonyl (C=O) groups is 2. The van der Waals surface area contributed by atoms with E-state index in [9.17, 15) is 9.59 Å². The van der Waals surface area contributed by atoms with Crippen LogP contribution < -0.4 is 26.2 Å². The fourth-order valence-electron chi connectivity index (χ4n) is 8.50. The van der Waals surface area contributed by atoms with Crippen LogP contribution in [-0.4, -0.2) is 66.0 Å². The van der Waals surface area contributed by atoms with Gasteiger partial charge in [-0.3, -0.25) is 14.5 Å². The number of amides is 2. The highest BCUT2D eigenvalue weighted by Gasteiger charge is 2.40. The number of hydrogen-bond donors (Lipinski definition) is 4. The van der Waals surface area contributed by atoms with E-state index < -0.39 is 0 Å². The molecule has 2 aromatic carbocycles. The lowest BCUT2D eigenvalue weighted by Gasteiger charge is -2.46. The minimum absolute atomic E-state index is 0.251. The van der Waals surface area contributed by atoms with E-state index in [-0.39, 0.29) is 11.8 Å². The number of benzene rings is 2. The summed E-state index contributed by atoms with van der Waals surface area (Å²) in [6, 6.07) is 15.9. The van der Waals surface area contributed by atoms with Gasteiger partial charge in [-0.2, -0.15) is 4.98 Å². The fraction of sp³-hybridized carbons (Fsp3) is 0.500. The molecule has 0 radical (unpaired) electrons. The topological polar surface area (TPSA) is 115 Å². The normalized spacial score (nSPS) is 23.3. The first-order chi connectivity index (χ1) is 24.7. The maximum atomic E-state index is 12.9. The van der Waals surface area contributed by atoms with E-state index in [1.165, 1.54) is 37.4 Å². The van der Waals surface area contributed by atoms with Crippen molar-refractivity contribution < 1.29 is 9.59 Å². The molecule has 2 amide bonds. The molecular formula is C40H53ClN8O2. The van der Waals surface area contributed by atoms with Crippen LogP contribution >= 0.6 is 11.6 Å². The second-order valence-electron chi connectivity index (χ2n) is 14.9. The maximum absolute atomic E-state index is 12.9. The van der Waals surface area contributed by atoms with Gasteiger partial charge < -0.3 is 26.2 Å². The SMILES string of the molecule is C=CC(=O)Nc1cccc(CNc2nc(Nc3ccc(N4CCN(CCCNC(=O)CC5[C@H]6C[C@@H](C)C[C@H](C6)C[C@H]5C)CC4)cc3)ncc2Cl)c1. The van der Waals surface area contributed by atoms with Crippen molar-refractivity contribution in [3.8, 4) is 0 Å². The molecule has 4 N–H and O–H groups in total. The zero-order valence-corrected chi connectivity index (χ0v) is 30.8. The van der Waals surface area contributed by atoms with Gasteiger partial charge in [0.2, 0.25) is 17.8 Å². The van der Waals surface area contributed by atoms with Gasteiger partial charge in [0, 0.05) is 62.8 Å². The summed E-state index contributed by atoms with van der Waals surface area (Å²) in [7, 11) is 0. The van der Waals surface area contributed by atoms with Crippen molar-refractivity contribution >= 4 is 52.2 Å². The van der Waals surface area contributed by atoms with Crippen molar-refractivity contribution in [2.24, 2.45) is 29.6 Å². The Kier molecular flexibility index (Phi) is 12.5. The molecule has 5 atom stereocenters. The molecule has 1 aromatic heterocycles. The van der Waals surface area contributed by atoms with Crippen molar-refractivity contribution in [2.75, 3.05) is 60.1 Å². The molecule has 51 heavy (non-hydrogen) atoms. The summed E-state index contributed by atoms with van der Waals surface area (Å²) in [5, 5.41) is 13.0. The standard InChI is InChI=1S/C40H53ClN8O2/c1-4-37(50)45-33-8-5-7-29(23-33)25-43-39-36(41)26-44-40(47-39)46-32-9-11-34(12-10-32)49-17-15-48(16-18-49)14-6-13-42-38(51)24-35-28(3)21-30-19-27(2)20-31(35)22-30/h4-5,7-12,23,26-28,30-31,35H,1,6,13-22,24-25H2,2-3H3,(H,42,51)(H,45,50)(H2,43,44,46,47)/t27-,28+,30-,31-,35?/m0/s1. The Morgan fingerprint density at radius 2 is 1.80 bits per heavy atom. The number of piperazine rings is 1. The number of hydrogen-bond acceptors (Lipinski definition) is 8. The lowest BCUT2D eigenvalue weighted by Crippen LogP contribution is -2.47. The van der Waals surface area contributed by atoms with Gasteiger partial charge in [0.25, 0.3) is 0 Å². The molecule has 2 heterocycles. The van der Waals surface area contributed by atoms with Crippen molar-refractivity contribution in [1.29, 1.82) is 0 Å². The molecule has 3 aliphatic rings. The van der Waals surface area contributed by atoms with Gasteiger partial charge in [0.15, 0.2) is 5.82 Å². The zero-order valence-electron chi connectivity index (χ0n) is 30.0. The van der Waals surface area contributed by atoms with Gasteiger partial charge in [-0.25, -0.2) is 4.98 Å². The van der Waals surface area contributed by atoms with Crippen molar-refractivity contribution in [2.45, 2.75) is 58.9 Å². The molecule has 2 aliphatic carbocycles. The maximum Gasteiger partial charge on any atom is 0.247 e. The van der Waals surface area contributed by atoms with Gasteiger partial charge in [-0.05, 0) is 116 Å². The Hall–Kier alpha value is -4.15. The quantitative estimate of drug-likeness (QED) is 0.101. The zero-order chi connectivity index (χ0) is 35.7. The number of anilines is 5. The van der Waals surface area contributed by atoms with E-state index in [1.54, 1.807) is 6.20 Å². The van der Waals surface area contributed by atoms with E-state index in [2.05, 4.69) is 73.6 Å². The molecule has 1 saturated heterocycles. The summed E-state index contributed by atoms with van der Waals surface area (Å²) in [4.78, 5) is 38.4. The molecule has 11 heteroatoms. The smallest absolute Gasteiger partial charge is 0.247 e. The summed E-state index contributed by atoms with van der Waals surface area (Å²) < 4.78 is 0. The van der Waals surface area contributed by atoms with Gasteiger partial charge in [-0.1, -0.05) is 44.2 Å². The van der Waals surface area contributed by atoms with E-state index in [4.69, 9.17) is 11.6 Å². The second-order valence-corrected chi connectivity index (χ2v) is 15.3. The molecule has 1 unspecified atom stereocenters. The van der Waals surface area contributed by atoms with E-state index in [0.717, 1.165) is 74.7 Å². The lowest BCUT2D eigenvalue weighted by molar-refractivity contribution is -0.124. The van der Waals surface area contributed by atoms with Crippen LogP contribution in [0.2, 0.25) is 5.02 Å². The molecule has 6 rings (SSSR count). The molecular weight excluding hydrogens is 660 g/mol. The number of rotatable bonds is 14. The van der Waals surface area contributed by atoms with Crippen LogP contribution in [-0.2, 0) is 16.1 Å². The van der Waals surface area contributed by atoms with Crippen LogP contribution in [0, 0.1) is 29.6 Å². The first kappa shape index (κ1) is 36.6. The third-order valence-electron chi connectivity index (χ3n) is 11.0. The minimum atomic E-state index is -0.259. The minimum Gasteiger partial charge on any atom is -0.369 e. The summed E-state index contributed by atoms with van der Waals surface area (Å²) >= 11 is 6.40. The average molecular weight is 713 g/mol. The highest BCUT2D eigenvalue weighted by Crippen LogP contribution is 2.49. The van der Waals surface area contributed by atoms with E-state index in [1.807, 2.05) is 36.4 Å². The van der Waals surface area contributed by atoms with Crippen molar-refractivity contribution in [3.63, 3.8) is 0 Å². The van der Waals surface area contributed by atoms with Gasteiger partial charge in [0.05, 0.1) is 6.20 Å². The third-order valence-corrected chi connectivity index (χ3v) is 11.2. The predicted octanol–water partition coefficient (Wildman–Crippen LogP) is 7.34. The molecule has 3 fully saturated rings. The average Bonchev–Trinajstić information content (AvgIpc) is 3.12. The van der Waals surface area contributed by atoms with E-state index in [0.29, 0.717) is 47.3 Å². The number of aromatic nitrogens is 2. The van der Waals surface area contributed by atoms with Crippen LogP contribution in [0.25, 0.3) is 0 Å². The van der Waals surface area contributed by atoms with E-state index >= 15 is 0 Å². The number of nitrogens with zero attached hydrogens (tertiary/aromatic N) is 4. The summed E-state index contributed by atoms with van der Waals surface area (Å²) in [5.41, 5.74) is 3.72. The Morgan fingerprint density at radius 1 is 1.00 bits per heavy atom. The van der Waals surface area contributed by atoms with Crippen LogP contribution in [0.5, 0.6) is 0 Å². The molecule has 2 bridgehead atoms. The second kappa shape index (κ2) is 17.4. The molecule has 1 aliphatic heterocycles. The Balaban J connectivity index is 0.901. The lowest BCUT2D eigenvalue weighted by atomic mass is 9.59. The summed E-state index contributed by atoms with van der Waals surface area (Å²) in [6.45, 7) is 14.5. The number of nitrogens with one attached hydrogen (secondary N) is 4. The molecule has 272 valence electrons. The molecule has 3 aromatic rings. The first-order valence-corrected chi connectivity index (χ1v) is 19.0. The monoisotopic (exact) mass is 712 g/mol. The highest BCUT2D eigenvalue weighted by molar-refractivity contribution is 6.32.